The van der Waals surface area contributed by atoms with Crippen LogP contribution in [0.2, 0.25) is 0 Å². The number of carbonyl (C=O) groups is 1. The van der Waals surface area contributed by atoms with Gasteiger partial charge in [-0.3, -0.25) is 4.79 Å². The molecule has 2 aromatic carbocycles. The maximum Gasteiger partial charge on any atom is 0.249 e. The number of Topliss-reactive ketones (excluding diaryl/α,β-unsaturated/α-hetero) is 1. The summed E-state index contributed by atoms with van der Waals surface area (Å²) in [7, 11) is 0. The number of hydrogen-bond acceptors (Lipinski definition) is 6. The van der Waals surface area contributed by atoms with E-state index in [0.717, 1.165) is 12.1 Å². The lowest BCUT2D eigenvalue weighted by molar-refractivity contribution is 0.101. The Labute approximate surface area is 146 Å². The number of benzene rings is 2. The van der Waals surface area contributed by atoms with Gasteiger partial charge in [0.25, 0.3) is 0 Å². The van der Waals surface area contributed by atoms with Gasteiger partial charge in [-0.15, -0.1) is 5.10 Å². The molecule has 2 N–H and O–H groups in total. The first-order valence-electron chi connectivity index (χ1n) is 7.42. The van der Waals surface area contributed by atoms with Gasteiger partial charge in [-0.05, 0) is 31.2 Å². The molecule has 0 fully saturated rings. The molecule has 132 valence electrons. The number of nitrogens with one attached hydrogen (secondary N) is 2. The van der Waals surface area contributed by atoms with Gasteiger partial charge >= 0.3 is 0 Å². The van der Waals surface area contributed by atoms with Gasteiger partial charge in [0, 0.05) is 11.3 Å². The number of hydrogen-bond donors (Lipinski definition) is 2. The molecule has 0 unspecified atom stereocenters. The number of anilines is 4. The number of carbonyl (C=O) groups excluding carboxylic acids is 1. The molecule has 0 saturated heterocycles. The summed E-state index contributed by atoms with van der Waals surface area (Å²) < 4.78 is 40.0. The molecular weight excluding hydrogens is 347 g/mol. The van der Waals surface area contributed by atoms with Crippen LogP contribution in [0.3, 0.4) is 0 Å². The van der Waals surface area contributed by atoms with Gasteiger partial charge < -0.3 is 10.6 Å². The molecule has 26 heavy (non-hydrogen) atoms. The lowest BCUT2D eigenvalue weighted by atomic mass is 10.1. The summed E-state index contributed by atoms with van der Waals surface area (Å²) >= 11 is 0. The average molecular weight is 359 g/mol. The van der Waals surface area contributed by atoms with E-state index in [-0.39, 0.29) is 23.2 Å². The molecule has 0 aliphatic rings. The first-order chi connectivity index (χ1) is 12.4. The number of halogens is 3. The van der Waals surface area contributed by atoms with Gasteiger partial charge in [-0.1, -0.05) is 12.1 Å². The minimum absolute atomic E-state index is 0.0649. The molecular formula is C17H12F3N5O. The zero-order chi connectivity index (χ0) is 18.7. The zero-order valence-electron chi connectivity index (χ0n) is 13.4. The van der Waals surface area contributed by atoms with E-state index in [0.29, 0.717) is 11.3 Å². The first kappa shape index (κ1) is 17.3. The number of nitrogens with zero attached hydrogens (tertiary/aromatic N) is 3. The fraction of sp³-hybridized carbons (Fsp3) is 0.0588. The predicted molar refractivity (Wildman–Crippen MR) is 89.2 cm³/mol. The Hall–Kier alpha value is -3.49. The van der Waals surface area contributed by atoms with Crippen LogP contribution in [0.1, 0.15) is 17.3 Å². The number of aromatic nitrogens is 3. The van der Waals surface area contributed by atoms with Crippen LogP contribution in [0.4, 0.5) is 36.3 Å². The van der Waals surface area contributed by atoms with E-state index in [1.54, 1.807) is 24.3 Å². The van der Waals surface area contributed by atoms with E-state index in [9.17, 15) is 18.0 Å². The second-order valence-corrected chi connectivity index (χ2v) is 5.28. The van der Waals surface area contributed by atoms with Crippen molar-refractivity contribution in [3.8, 4) is 0 Å². The molecule has 0 bridgehead atoms. The fourth-order valence-electron chi connectivity index (χ4n) is 2.12. The van der Waals surface area contributed by atoms with Crippen LogP contribution in [0.15, 0.2) is 42.6 Å². The van der Waals surface area contributed by atoms with E-state index in [2.05, 4.69) is 25.8 Å². The van der Waals surface area contributed by atoms with Crippen molar-refractivity contribution in [1.82, 2.24) is 15.2 Å². The monoisotopic (exact) mass is 359 g/mol. The Morgan fingerprint density at radius 2 is 1.85 bits per heavy atom. The van der Waals surface area contributed by atoms with Crippen molar-refractivity contribution in [1.29, 1.82) is 0 Å². The Kier molecular flexibility index (Phi) is 4.78. The van der Waals surface area contributed by atoms with Gasteiger partial charge in [0.05, 0.1) is 11.9 Å². The SMILES string of the molecule is CC(=O)c1cccc(Nc2nncc(Nc3ccc(F)c(F)c3F)n2)c1. The molecule has 1 aromatic heterocycles. The molecule has 0 aliphatic heterocycles. The summed E-state index contributed by atoms with van der Waals surface area (Å²) in [6.45, 7) is 1.44. The standard InChI is InChI=1S/C17H12F3N5O/c1-9(26)10-3-2-4-11(7-10)22-17-24-14(8-21-25-17)23-13-6-5-12(18)15(19)16(13)20/h2-8H,1H3,(H2,22,23,24,25). The van der Waals surface area contributed by atoms with Crippen molar-refractivity contribution in [3.63, 3.8) is 0 Å². The van der Waals surface area contributed by atoms with Crippen LogP contribution in [0, 0.1) is 17.5 Å². The first-order valence-corrected chi connectivity index (χ1v) is 7.42. The lowest BCUT2D eigenvalue weighted by Crippen LogP contribution is -2.04. The summed E-state index contributed by atoms with van der Waals surface area (Å²) in [5, 5.41) is 12.9. The van der Waals surface area contributed by atoms with Crippen LogP contribution in [-0.4, -0.2) is 21.0 Å². The smallest absolute Gasteiger partial charge is 0.249 e. The minimum atomic E-state index is -1.59. The Morgan fingerprint density at radius 1 is 1.04 bits per heavy atom. The molecule has 0 spiro atoms. The molecule has 0 atom stereocenters. The van der Waals surface area contributed by atoms with Crippen LogP contribution in [-0.2, 0) is 0 Å². The largest absolute Gasteiger partial charge is 0.336 e. The topological polar surface area (TPSA) is 79.8 Å². The van der Waals surface area contributed by atoms with Crippen LogP contribution in [0.25, 0.3) is 0 Å². The third-order valence-corrected chi connectivity index (χ3v) is 3.38. The Morgan fingerprint density at radius 3 is 2.62 bits per heavy atom. The van der Waals surface area contributed by atoms with Gasteiger partial charge in [0.2, 0.25) is 5.95 Å². The van der Waals surface area contributed by atoms with Gasteiger partial charge in [0.15, 0.2) is 29.1 Å². The highest BCUT2D eigenvalue weighted by molar-refractivity contribution is 5.95. The van der Waals surface area contributed by atoms with Crippen LogP contribution < -0.4 is 10.6 Å². The van der Waals surface area contributed by atoms with Crippen molar-refractivity contribution in [2.45, 2.75) is 6.92 Å². The van der Waals surface area contributed by atoms with Crippen molar-refractivity contribution in [2.24, 2.45) is 0 Å². The second kappa shape index (κ2) is 7.18. The quantitative estimate of drug-likeness (QED) is 0.530. The highest BCUT2D eigenvalue weighted by Gasteiger charge is 2.14. The molecule has 3 aromatic rings. The van der Waals surface area contributed by atoms with Crippen LogP contribution in [0.5, 0.6) is 0 Å². The summed E-state index contributed by atoms with van der Waals surface area (Å²) in [6.07, 6.45) is 1.19. The van der Waals surface area contributed by atoms with Gasteiger partial charge in [-0.25, -0.2) is 13.2 Å². The summed E-state index contributed by atoms with van der Waals surface area (Å²) in [5.41, 5.74) is 0.755. The molecule has 0 saturated carbocycles. The third-order valence-electron chi connectivity index (χ3n) is 3.38. The predicted octanol–water partition coefficient (Wildman–Crippen LogP) is 3.98. The Balaban J connectivity index is 1.82. The van der Waals surface area contributed by atoms with Crippen molar-refractivity contribution in [2.75, 3.05) is 10.6 Å². The molecule has 0 amide bonds. The lowest BCUT2D eigenvalue weighted by Gasteiger charge is -2.09. The second-order valence-electron chi connectivity index (χ2n) is 5.28. The molecule has 3 rings (SSSR count). The average Bonchev–Trinajstić information content (AvgIpc) is 2.63. The van der Waals surface area contributed by atoms with Crippen LogP contribution >= 0.6 is 0 Å². The van der Waals surface area contributed by atoms with Crippen molar-refractivity contribution in [3.05, 3.63) is 65.6 Å². The van der Waals surface area contributed by atoms with E-state index >= 15 is 0 Å². The Bertz CT molecular complexity index is 980. The zero-order valence-corrected chi connectivity index (χ0v) is 13.4. The van der Waals surface area contributed by atoms with Gasteiger partial charge in [-0.2, -0.15) is 10.1 Å². The van der Waals surface area contributed by atoms with E-state index in [1.807, 2.05) is 0 Å². The van der Waals surface area contributed by atoms with Gasteiger partial charge in [0.1, 0.15) is 0 Å². The van der Waals surface area contributed by atoms with Crippen molar-refractivity contribution >= 4 is 28.9 Å². The maximum atomic E-state index is 13.7. The third kappa shape index (κ3) is 3.77. The molecule has 1 heterocycles. The summed E-state index contributed by atoms with van der Waals surface area (Å²) in [5.74, 6) is -4.21. The summed E-state index contributed by atoms with van der Waals surface area (Å²) in [6, 6.07) is 8.49. The molecule has 0 aliphatic carbocycles. The summed E-state index contributed by atoms with van der Waals surface area (Å²) in [4.78, 5) is 15.5. The number of ketones is 1. The molecule has 9 heteroatoms. The van der Waals surface area contributed by atoms with E-state index in [1.165, 1.54) is 13.1 Å². The minimum Gasteiger partial charge on any atom is -0.336 e. The highest BCUT2D eigenvalue weighted by Crippen LogP contribution is 2.23. The van der Waals surface area contributed by atoms with E-state index in [4.69, 9.17) is 0 Å². The van der Waals surface area contributed by atoms with E-state index < -0.39 is 17.5 Å². The highest BCUT2D eigenvalue weighted by atomic mass is 19.2. The molecule has 0 radical (unpaired) electrons. The van der Waals surface area contributed by atoms with Crippen molar-refractivity contribution < 1.29 is 18.0 Å². The molecule has 6 nitrogen and oxygen atoms in total. The fourth-order valence-corrected chi connectivity index (χ4v) is 2.12. The number of rotatable bonds is 5. The normalized spacial score (nSPS) is 10.5. The maximum absolute atomic E-state index is 13.7.